The highest BCUT2D eigenvalue weighted by Gasteiger charge is 2.20. The van der Waals surface area contributed by atoms with Crippen molar-refractivity contribution in [2.75, 3.05) is 31.1 Å². The number of pyridine rings is 1. The minimum Gasteiger partial charge on any atom is -0.369 e. The molecule has 1 aliphatic heterocycles. The zero-order valence-corrected chi connectivity index (χ0v) is 16.5. The number of hydrogen-bond acceptors (Lipinski definition) is 4. The second-order valence-corrected chi connectivity index (χ2v) is 7.48. The van der Waals surface area contributed by atoms with E-state index in [4.69, 9.17) is 0 Å². The van der Waals surface area contributed by atoms with Gasteiger partial charge in [-0.1, -0.05) is 36.4 Å². The van der Waals surface area contributed by atoms with Crippen molar-refractivity contribution in [3.05, 3.63) is 88.6 Å². The highest BCUT2D eigenvalue weighted by atomic mass is 16.2. The smallest absolute Gasteiger partial charge is 0.267 e. The second kappa shape index (κ2) is 7.65. The predicted octanol–water partition coefficient (Wildman–Crippen LogP) is 3.15. The number of carbonyl (C=O) groups is 1. The molecule has 6 heteroatoms. The van der Waals surface area contributed by atoms with Gasteiger partial charge >= 0.3 is 0 Å². The molecule has 0 aliphatic carbocycles. The Hall–Kier alpha value is -3.64. The normalized spacial score (nSPS) is 14.9. The first-order valence-electron chi connectivity index (χ1n) is 10.1. The van der Waals surface area contributed by atoms with E-state index in [0.717, 1.165) is 31.7 Å². The van der Waals surface area contributed by atoms with Gasteiger partial charge in [0.15, 0.2) is 5.43 Å². The van der Waals surface area contributed by atoms with E-state index in [1.54, 1.807) is 24.3 Å². The minimum absolute atomic E-state index is 0.0644. The number of fused-ring (bicyclic) bond motifs is 2. The van der Waals surface area contributed by atoms with E-state index in [9.17, 15) is 9.59 Å². The van der Waals surface area contributed by atoms with Crippen LogP contribution in [0.1, 0.15) is 10.4 Å². The molecule has 0 spiro atoms. The Balaban J connectivity index is 1.37. The number of hydrazine groups is 1. The summed E-state index contributed by atoms with van der Waals surface area (Å²) in [7, 11) is 0. The molecule has 150 valence electrons. The molecule has 0 atom stereocenters. The molecule has 30 heavy (non-hydrogen) atoms. The van der Waals surface area contributed by atoms with Crippen molar-refractivity contribution < 1.29 is 4.79 Å². The van der Waals surface area contributed by atoms with Crippen molar-refractivity contribution >= 4 is 33.4 Å². The molecular weight excluding hydrogens is 376 g/mol. The van der Waals surface area contributed by atoms with Crippen molar-refractivity contribution in [2.24, 2.45) is 0 Å². The number of hydrogen-bond donors (Lipinski definition) is 2. The van der Waals surface area contributed by atoms with Crippen LogP contribution in [0, 0.1) is 0 Å². The van der Waals surface area contributed by atoms with Crippen LogP contribution in [0.5, 0.6) is 0 Å². The van der Waals surface area contributed by atoms with Gasteiger partial charge in [-0.05, 0) is 36.4 Å². The average Bonchev–Trinajstić information content (AvgIpc) is 2.80. The Bertz CT molecular complexity index is 1270. The van der Waals surface area contributed by atoms with Crippen LogP contribution in [-0.4, -0.2) is 42.1 Å². The van der Waals surface area contributed by atoms with Crippen LogP contribution in [0.2, 0.25) is 0 Å². The number of nitrogens with one attached hydrogen (secondary N) is 2. The average molecular weight is 398 g/mol. The zero-order valence-electron chi connectivity index (χ0n) is 16.5. The number of H-pyrrole nitrogens is 1. The molecular formula is C24H22N4O2. The molecule has 0 bridgehead atoms. The second-order valence-electron chi connectivity index (χ2n) is 7.48. The molecule has 1 aromatic heterocycles. The van der Waals surface area contributed by atoms with E-state index in [1.807, 2.05) is 41.4 Å². The highest BCUT2D eigenvalue weighted by molar-refractivity contribution is 6.07. The van der Waals surface area contributed by atoms with Crippen LogP contribution >= 0.6 is 0 Å². The van der Waals surface area contributed by atoms with E-state index >= 15 is 0 Å². The van der Waals surface area contributed by atoms with Gasteiger partial charge in [0.25, 0.3) is 5.91 Å². The molecule has 2 N–H and O–H groups in total. The number of rotatable bonds is 3. The maximum absolute atomic E-state index is 13.0. The van der Waals surface area contributed by atoms with Gasteiger partial charge in [0.05, 0.1) is 11.1 Å². The van der Waals surface area contributed by atoms with Gasteiger partial charge in [0.1, 0.15) is 0 Å². The molecule has 0 radical (unpaired) electrons. The van der Waals surface area contributed by atoms with Gasteiger partial charge < -0.3 is 9.88 Å². The molecule has 4 aromatic rings. The molecule has 1 fully saturated rings. The molecule has 0 unspecified atom stereocenters. The Morgan fingerprint density at radius 1 is 0.800 bits per heavy atom. The van der Waals surface area contributed by atoms with Crippen molar-refractivity contribution in [1.29, 1.82) is 0 Å². The van der Waals surface area contributed by atoms with E-state index in [-0.39, 0.29) is 11.3 Å². The van der Waals surface area contributed by atoms with E-state index in [0.29, 0.717) is 21.9 Å². The van der Waals surface area contributed by atoms with Crippen LogP contribution < -0.4 is 15.8 Å². The highest BCUT2D eigenvalue weighted by Crippen LogP contribution is 2.19. The maximum Gasteiger partial charge on any atom is 0.267 e. The van der Waals surface area contributed by atoms with Crippen molar-refractivity contribution in [1.82, 2.24) is 15.4 Å². The van der Waals surface area contributed by atoms with Crippen molar-refractivity contribution in [3.63, 3.8) is 0 Å². The third kappa shape index (κ3) is 3.31. The number of nitrogens with zero attached hydrogens (tertiary/aromatic N) is 2. The summed E-state index contributed by atoms with van der Waals surface area (Å²) in [5.74, 6) is -0.209. The number of para-hydroxylation sites is 3. The van der Waals surface area contributed by atoms with Crippen LogP contribution in [0.25, 0.3) is 21.8 Å². The SMILES string of the molecule is O=C(NN1CCN(c2ccccc2)CC1)c1cccc2c(=O)c3ccccc3[nH]c12. The van der Waals surface area contributed by atoms with Gasteiger partial charge in [-0.25, -0.2) is 5.01 Å². The van der Waals surface area contributed by atoms with Crippen molar-refractivity contribution in [3.8, 4) is 0 Å². The molecule has 1 saturated heterocycles. The quantitative estimate of drug-likeness (QED) is 0.520. The zero-order chi connectivity index (χ0) is 20.5. The summed E-state index contributed by atoms with van der Waals surface area (Å²) in [4.78, 5) is 31.5. The monoisotopic (exact) mass is 398 g/mol. The number of piperazine rings is 1. The van der Waals surface area contributed by atoms with Gasteiger partial charge in [-0.2, -0.15) is 0 Å². The minimum atomic E-state index is -0.209. The summed E-state index contributed by atoms with van der Waals surface area (Å²) >= 11 is 0. The fourth-order valence-electron chi connectivity index (χ4n) is 4.05. The molecule has 5 rings (SSSR count). The summed E-state index contributed by atoms with van der Waals surface area (Å²) in [6, 6.07) is 22.9. The van der Waals surface area contributed by atoms with E-state index < -0.39 is 0 Å². The fourth-order valence-corrected chi connectivity index (χ4v) is 4.05. The van der Waals surface area contributed by atoms with Crippen LogP contribution in [0.4, 0.5) is 5.69 Å². The van der Waals surface area contributed by atoms with Gasteiger partial charge in [-0.3, -0.25) is 15.0 Å². The van der Waals surface area contributed by atoms with Crippen LogP contribution in [-0.2, 0) is 0 Å². The van der Waals surface area contributed by atoms with Gasteiger partial charge in [0.2, 0.25) is 0 Å². The molecule has 3 aromatic carbocycles. The Kier molecular flexibility index (Phi) is 4.69. The van der Waals surface area contributed by atoms with Gasteiger partial charge in [-0.15, -0.1) is 0 Å². The number of aromatic nitrogens is 1. The Morgan fingerprint density at radius 2 is 1.50 bits per heavy atom. The lowest BCUT2D eigenvalue weighted by atomic mass is 10.1. The Labute approximate surface area is 173 Å². The van der Waals surface area contributed by atoms with Crippen LogP contribution in [0.15, 0.2) is 77.6 Å². The Morgan fingerprint density at radius 3 is 2.30 bits per heavy atom. The molecule has 2 heterocycles. The summed E-state index contributed by atoms with van der Waals surface area (Å²) in [5, 5.41) is 3.09. The van der Waals surface area contributed by atoms with E-state index in [1.165, 1.54) is 5.69 Å². The summed E-state index contributed by atoms with van der Waals surface area (Å²) in [5.41, 5.74) is 5.92. The number of aromatic amines is 1. The predicted molar refractivity (Wildman–Crippen MR) is 120 cm³/mol. The topological polar surface area (TPSA) is 68.4 Å². The fraction of sp³-hybridized carbons (Fsp3) is 0.167. The third-order valence-corrected chi connectivity index (χ3v) is 5.65. The maximum atomic E-state index is 13.0. The number of amides is 1. The lowest BCUT2D eigenvalue weighted by Crippen LogP contribution is -2.53. The lowest BCUT2D eigenvalue weighted by molar-refractivity contribution is 0.0779. The number of carbonyl (C=O) groups excluding carboxylic acids is 1. The summed E-state index contributed by atoms with van der Waals surface area (Å²) < 4.78 is 0. The first-order chi connectivity index (χ1) is 14.7. The molecule has 1 aliphatic rings. The standard InChI is InChI=1S/C24H22N4O2/c29-23-18-9-4-5-12-21(18)25-22-19(23)10-6-11-20(22)24(30)26-28-15-13-27(14-16-28)17-7-2-1-3-8-17/h1-12H,13-16H2,(H,25,29)(H,26,30). The number of benzene rings is 3. The summed E-state index contributed by atoms with van der Waals surface area (Å²) in [6.07, 6.45) is 0. The first-order valence-corrected chi connectivity index (χ1v) is 10.1. The first kappa shape index (κ1) is 18.4. The third-order valence-electron chi connectivity index (χ3n) is 5.65. The van der Waals surface area contributed by atoms with Crippen LogP contribution in [0.3, 0.4) is 0 Å². The largest absolute Gasteiger partial charge is 0.369 e. The van der Waals surface area contributed by atoms with Crippen molar-refractivity contribution in [2.45, 2.75) is 0 Å². The number of anilines is 1. The lowest BCUT2D eigenvalue weighted by Gasteiger charge is -2.36. The molecule has 1 amide bonds. The van der Waals surface area contributed by atoms with E-state index in [2.05, 4.69) is 27.4 Å². The molecule has 6 nitrogen and oxygen atoms in total. The van der Waals surface area contributed by atoms with Gasteiger partial charge in [0, 0.05) is 48.2 Å². The summed E-state index contributed by atoms with van der Waals surface area (Å²) in [6.45, 7) is 3.12. The molecule has 0 saturated carbocycles.